The van der Waals surface area contributed by atoms with Gasteiger partial charge in [-0.1, -0.05) is 24.3 Å². The van der Waals surface area contributed by atoms with E-state index in [-0.39, 0.29) is 18.4 Å². The lowest BCUT2D eigenvalue weighted by molar-refractivity contribution is -0.114. The number of benzene rings is 3. The van der Waals surface area contributed by atoms with Gasteiger partial charge in [-0.25, -0.2) is 0 Å². The van der Waals surface area contributed by atoms with Crippen LogP contribution in [0.5, 0.6) is 5.75 Å². The Labute approximate surface area is 169 Å². The van der Waals surface area contributed by atoms with E-state index in [2.05, 4.69) is 5.32 Å². The van der Waals surface area contributed by atoms with Crippen LogP contribution in [0.1, 0.15) is 36.0 Å². The molecule has 1 aliphatic heterocycles. The highest BCUT2D eigenvalue weighted by atomic mass is 16.5. The van der Waals surface area contributed by atoms with Crippen LogP contribution in [0.25, 0.3) is 10.8 Å². The summed E-state index contributed by atoms with van der Waals surface area (Å²) in [5.41, 5.74) is 2.13. The van der Waals surface area contributed by atoms with Crippen LogP contribution >= 0.6 is 0 Å². The van der Waals surface area contributed by atoms with E-state index in [1.54, 1.807) is 4.90 Å². The molecule has 5 rings (SSSR count). The molecule has 1 saturated carbocycles. The Bertz CT molecular complexity index is 1080. The Hall–Kier alpha value is -3.34. The lowest BCUT2D eigenvalue weighted by Crippen LogP contribution is -2.35. The van der Waals surface area contributed by atoms with E-state index >= 15 is 0 Å². The lowest BCUT2D eigenvalue weighted by atomic mass is 10.1. The van der Waals surface area contributed by atoms with Crippen LogP contribution in [-0.2, 0) is 4.79 Å². The second-order valence-corrected chi connectivity index (χ2v) is 7.67. The van der Waals surface area contributed by atoms with Crippen molar-refractivity contribution >= 4 is 34.0 Å². The molecule has 1 aliphatic carbocycles. The summed E-state index contributed by atoms with van der Waals surface area (Å²) in [6.07, 6.45) is 4.98. The number of nitrogens with one attached hydrogen (secondary N) is 1. The number of carbonyl (C=O) groups excluding carboxylic acids is 2. The van der Waals surface area contributed by atoms with E-state index < -0.39 is 0 Å². The van der Waals surface area contributed by atoms with Gasteiger partial charge in [-0.15, -0.1) is 0 Å². The zero-order valence-corrected chi connectivity index (χ0v) is 16.1. The SMILES string of the molecule is O=C(CN1C(=O)c2cccc3cccc1c23)Nc1ccc(OC2CCCC2)cc1. The Morgan fingerprint density at radius 3 is 2.48 bits per heavy atom. The Morgan fingerprint density at radius 1 is 1.00 bits per heavy atom. The van der Waals surface area contributed by atoms with E-state index in [0.29, 0.717) is 17.4 Å². The topological polar surface area (TPSA) is 58.6 Å². The van der Waals surface area contributed by atoms with Gasteiger partial charge in [0.2, 0.25) is 5.91 Å². The maximum absolute atomic E-state index is 12.8. The van der Waals surface area contributed by atoms with Crippen molar-refractivity contribution in [2.45, 2.75) is 31.8 Å². The van der Waals surface area contributed by atoms with Crippen molar-refractivity contribution in [3.63, 3.8) is 0 Å². The fourth-order valence-corrected chi connectivity index (χ4v) is 4.30. The van der Waals surface area contributed by atoms with Gasteiger partial charge >= 0.3 is 0 Å². The molecule has 2 amide bonds. The van der Waals surface area contributed by atoms with Gasteiger partial charge in [0.25, 0.3) is 5.91 Å². The Balaban J connectivity index is 1.27. The molecule has 0 aromatic heterocycles. The third kappa shape index (κ3) is 3.33. The third-order valence-corrected chi connectivity index (χ3v) is 5.69. The van der Waals surface area contributed by atoms with E-state index in [1.165, 1.54) is 12.8 Å². The number of ether oxygens (including phenoxy) is 1. The minimum absolute atomic E-state index is 0.0209. The summed E-state index contributed by atoms with van der Waals surface area (Å²) in [5, 5.41) is 4.81. The maximum Gasteiger partial charge on any atom is 0.259 e. The molecule has 0 unspecified atom stereocenters. The van der Waals surface area contributed by atoms with Gasteiger partial charge in [0.05, 0.1) is 11.8 Å². The average molecular weight is 386 g/mol. The highest BCUT2D eigenvalue weighted by Gasteiger charge is 2.30. The molecule has 2 aliphatic rings. The Morgan fingerprint density at radius 2 is 1.72 bits per heavy atom. The molecule has 1 N–H and O–H groups in total. The average Bonchev–Trinajstić information content (AvgIpc) is 3.33. The van der Waals surface area contributed by atoms with Crippen LogP contribution in [0.4, 0.5) is 11.4 Å². The lowest BCUT2D eigenvalue weighted by Gasteiger charge is -2.17. The van der Waals surface area contributed by atoms with E-state index in [9.17, 15) is 9.59 Å². The molecule has 0 spiro atoms. The molecule has 0 radical (unpaired) electrons. The molecule has 0 bridgehead atoms. The number of amides is 2. The summed E-state index contributed by atoms with van der Waals surface area (Å²) in [5.74, 6) is 0.464. The highest BCUT2D eigenvalue weighted by Crippen LogP contribution is 2.37. The van der Waals surface area contributed by atoms with E-state index in [1.807, 2.05) is 60.7 Å². The van der Waals surface area contributed by atoms with Crippen LogP contribution in [0.3, 0.4) is 0 Å². The largest absolute Gasteiger partial charge is 0.490 e. The number of anilines is 2. The van der Waals surface area contributed by atoms with Gasteiger partial charge in [-0.2, -0.15) is 0 Å². The summed E-state index contributed by atoms with van der Waals surface area (Å²) >= 11 is 0. The predicted octanol–water partition coefficient (Wildman–Crippen LogP) is 4.76. The second kappa shape index (κ2) is 7.24. The first-order chi connectivity index (χ1) is 14.2. The van der Waals surface area contributed by atoms with Gasteiger partial charge in [-0.05, 0) is 67.5 Å². The molecular weight excluding hydrogens is 364 g/mol. The quantitative estimate of drug-likeness (QED) is 0.688. The normalized spacial score (nSPS) is 15.9. The summed E-state index contributed by atoms with van der Waals surface area (Å²) in [4.78, 5) is 27.0. The van der Waals surface area contributed by atoms with E-state index in [4.69, 9.17) is 4.74 Å². The molecule has 29 heavy (non-hydrogen) atoms. The zero-order chi connectivity index (χ0) is 19.8. The number of carbonyl (C=O) groups is 2. The number of hydrogen-bond donors (Lipinski definition) is 1. The van der Waals surface area contributed by atoms with Gasteiger partial charge in [-0.3, -0.25) is 14.5 Å². The summed E-state index contributed by atoms with van der Waals surface area (Å²) in [7, 11) is 0. The van der Waals surface area contributed by atoms with Gasteiger partial charge in [0, 0.05) is 16.6 Å². The summed E-state index contributed by atoms with van der Waals surface area (Å²) in [6.45, 7) is -0.0209. The molecule has 3 aromatic carbocycles. The number of rotatable bonds is 5. The van der Waals surface area contributed by atoms with Crippen LogP contribution in [0.15, 0.2) is 60.7 Å². The van der Waals surface area contributed by atoms with Crippen LogP contribution < -0.4 is 15.0 Å². The molecule has 146 valence electrons. The first kappa shape index (κ1) is 17.7. The van der Waals surface area contributed by atoms with Crippen molar-refractivity contribution < 1.29 is 14.3 Å². The van der Waals surface area contributed by atoms with Crippen LogP contribution in [-0.4, -0.2) is 24.5 Å². The summed E-state index contributed by atoms with van der Waals surface area (Å²) in [6, 6.07) is 18.9. The summed E-state index contributed by atoms with van der Waals surface area (Å²) < 4.78 is 5.96. The predicted molar refractivity (Wildman–Crippen MR) is 114 cm³/mol. The molecular formula is C24H22N2O3. The van der Waals surface area contributed by atoms with Gasteiger partial charge in [0.1, 0.15) is 12.3 Å². The van der Waals surface area contributed by atoms with E-state index in [0.717, 1.165) is 35.1 Å². The fraction of sp³-hybridized carbons (Fsp3) is 0.250. The monoisotopic (exact) mass is 386 g/mol. The minimum Gasteiger partial charge on any atom is -0.490 e. The van der Waals surface area contributed by atoms with Crippen molar-refractivity contribution in [1.82, 2.24) is 0 Å². The molecule has 1 fully saturated rings. The highest BCUT2D eigenvalue weighted by molar-refractivity contribution is 6.26. The Kier molecular flexibility index (Phi) is 4.43. The smallest absolute Gasteiger partial charge is 0.259 e. The van der Waals surface area contributed by atoms with Crippen molar-refractivity contribution in [2.75, 3.05) is 16.8 Å². The standard InChI is InChI=1S/C24H22N2O3/c27-22(25-17-11-13-19(14-12-17)29-18-7-1-2-8-18)15-26-21-10-4-6-16-5-3-9-20(23(16)21)24(26)28/h3-6,9-14,18H,1-2,7-8,15H2,(H,25,27). The third-order valence-electron chi connectivity index (χ3n) is 5.69. The molecule has 0 atom stereocenters. The van der Waals surface area contributed by atoms with Crippen molar-refractivity contribution in [3.8, 4) is 5.75 Å². The van der Waals surface area contributed by atoms with Crippen LogP contribution in [0.2, 0.25) is 0 Å². The second-order valence-electron chi connectivity index (χ2n) is 7.67. The zero-order valence-electron chi connectivity index (χ0n) is 16.1. The first-order valence-corrected chi connectivity index (χ1v) is 10.1. The number of hydrogen-bond acceptors (Lipinski definition) is 3. The van der Waals surface area contributed by atoms with Gasteiger partial charge < -0.3 is 10.1 Å². The van der Waals surface area contributed by atoms with Crippen LogP contribution in [0, 0.1) is 0 Å². The van der Waals surface area contributed by atoms with Crippen molar-refractivity contribution in [3.05, 3.63) is 66.2 Å². The molecule has 0 saturated heterocycles. The molecule has 5 heteroatoms. The number of nitrogens with zero attached hydrogens (tertiary/aromatic N) is 1. The van der Waals surface area contributed by atoms with Crippen molar-refractivity contribution in [2.24, 2.45) is 0 Å². The van der Waals surface area contributed by atoms with Gasteiger partial charge in [0.15, 0.2) is 0 Å². The molecule has 3 aromatic rings. The first-order valence-electron chi connectivity index (χ1n) is 10.1. The molecule has 5 nitrogen and oxygen atoms in total. The fourth-order valence-electron chi connectivity index (χ4n) is 4.30. The molecule has 1 heterocycles. The maximum atomic E-state index is 12.8. The minimum atomic E-state index is -0.229. The van der Waals surface area contributed by atoms with Crippen molar-refractivity contribution in [1.29, 1.82) is 0 Å².